The van der Waals surface area contributed by atoms with Gasteiger partial charge in [0.1, 0.15) is 0 Å². The van der Waals surface area contributed by atoms with Crippen molar-refractivity contribution in [1.29, 1.82) is 0 Å². The van der Waals surface area contributed by atoms with Gasteiger partial charge in [0.25, 0.3) is 0 Å². The molecule has 1 aromatic carbocycles. The fourth-order valence-electron chi connectivity index (χ4n) is 3.35. The molecule has 0 saturated carbocycles. The maximum atomic E-state index is 12.8. The second-order valence-electron chi connectivity index (χ2n) is 7.01. The molecule has 8 nitrogen and oxygen atoms in total. The van der Waals surface area contributed by atoms with Crippen molar-refractivity contribution in [3.8, 4) is 0 Å². The molecule has 160 valence electrons. The second kappa shape index (κ2) is 10.00. The molecule has 0 aromatic heterocycles. The van der Waals surface area contributed by atoms with E-state index in [-0.39, 0.29) is 28.9 Å². The fraction of sp³-hybridized carbons (Fsp3) is 0.500. The van der Waals surface area contributed by atoms with E-state index in [2.05, 4.69) is 10.0 Å². The summed E-state index contributed by atoms with van der Waals surface area (Å²) in [5, 5.41) is 12.3. The molecular formula is C20H28N2O6S. The molecule has 3 N–H and O–H groups in total. The van der Waals surface area contributed by atoms with Crippen molar-refractivity contribution in [1.82, 2.24) is 10.0 Å². The Morgan fingerprint density at radius 2 is 1.83 bits per heavy atom. The molecule has 0 fully saturated rings. The molecule has 29 heavy (non-hydrogen) atoms. The molecule has 0 saturated heterocycles. The predicted molar refractivity (Wildman–Crippen MR) is 108 cm³/mol. The average Bonchev–Trinajstić information content (AvgIpc) is 2.68. The first-order valence-corrected chi connectivity index (χ1v) is 11.1. The van der Waals surface area contributed by atoms with Crippen LogP contribution in [0.25, 0.3) is 0 Å². The molecule has 9 heteroatoms. The van der Waals surface area contributed by atoms with E-state index in [0.29, 0.717) is 12.8 Å². The van der Waals surface area contributed by atoms with Gasteiger partial charge in [0.15, 0.2) is 0 Å². The van der Waals surface area contributed by atoms with Crippen LogP contribution >= 0.6 is 0 Å². The number of nitrogens with one attached hydrogen (secondary N) is 2. The van der Waals surface area contributed by atoms with Crippen molar-refractivity contribution in [2.75, 3.05) is 0 Å². The normalized spacial score (nSPS) is 22.2. The number of amides is 1. The summed E-state index contributed by atoms with van der Waals surface area (Å²) in [6, 6.07) is 6.18. The lowest BCUT2D eigenvalue weighted by molar-refractivity contribution is -0.133. The highest BCUT2D eigenvalue weighted by molar-refractivity contribution is 7.89. The number of sulfonamides is 1. The summed E-state index contributed by atoms with van der Waals surface area (Å²) in [5.74, 6) is -1.50. The van der Waals surface area contributed by atoms with Gasteiger partial charge in [-0.15, -0.1) is 0 Å². The Labute approximate surface area is 171 Å². The standard InChI is InChI=1S/C20H28N2O6S/c1-4-15(5-2)28-18-12-14(20(24)25)11-17(19(18)21-13(3)23)22-29(26,27)16-9-7-6-8-10-16/h6-10,12,15,17-19,22H,4-5,11H2,1-3H3,(H,21,23)(H,24,25)/t17-,18+,19+/m0/s1. The highest BCUT2D eigenvalue weighted by atomic mass is 32.2. The molecule has 3 atom stereocenters. The lowest BCUT2D eigenvalue weighted by Gasteiger charge is -2.38. The van der Waals surface area contributed by atoms with Gasteiger partial charge in [0.2, 0.25) is 15.9 Å². The first-order valence-electron chi connectivity index (χ1n) is 9.61. The Kier molecular flexibility index (Phi) is 7.95. The van der Waals surface area contributed by atoms with Crippen molar-refractivity contribution < 1.29 is 27.9 Å². The Hall–Kier alpha value is -2.23. The number of carbonyl (C=O) groups is 2. The summed E-state index contributed by atoms with van der Waals surface area (Å²) >= 11 is 0. The van der Waals surface area contributed by atoms with Gasteiger partial charge in [-0.2, -0.15) is 0 Å². The summed E-state index contributed by atoms with van der Waals surface area (Å²) in [6.07, 6.45) is 1.88. The van der Waals surface area contributed by atoms with Crippen LogP contribution in [0, 0.1) is 0 Å². The summed E-state index contributed by atoms with van der Waals surface area (Å²) < 4.78 is 34.2. The van der Waals surface area contributed by atoms with Crippen molar-refractivity contribution in [2.24, 2.45) is 0 Å². The zero-order valence-electron chi connectivity index (χ0n) is 16.8. The number of hydrogen-bond donors (Lipinski definition) is 3. The number of carboxylic acid groups (broad SMARTS) is 1. The first kappa shape index (κ1) is 23.1. The van der Waals surface area contributed by atoms with E-state index >= 15 is 0 Å². The van der Waals surface area contributed by atoms with E-state index < -0.39 is 34.2 Å². The largest absolute Gasteiger partial charge is 0.478 e. The maximum absolute atomic E-state index is 12.8. The summed E-state index contributed by atoms with van der Waals surface area (Å²) in [4.78, 5) is 23.5. The number of benzene rings is 1. The van der Waals surface area contributed by atoms with Gasteiger partial charge in [0.05, 0.1) is 23.1 Å². The number of carbonyl (C=O) groups excluding carboxylic acids is 1. The number of hydrogen-bond acceptors (Lipinski definition) is 5. The third-order valence-corrected chi connectivity index (χ3v) is 6.36. The molecule has 0 radical (unpaired) electrons. The SMILES string of the molecule is CCC(CC)O[C@@H]1C=C(C(=O)O)C[C@H](NS(=O)(=O)c2ccccc2)[C@H]1NC(C)=O. The molecule has 0 unspecified atom stereocenters. The topological polar surface area (TPSA) is 122 Å². The van der Waals surface area contributed by atoms with Crippen LogP contribution in [0.1, 0.15) is 40.0 Å². The van der Waals surface area contributed by atoms with E-state index in [9.17, 15) is 23.1 Å². The number of aliphatic carboxylic acids is 1. The molecular weight excluding hydrogens is 396 g/mol. The van der Waals surface area contributed by atoms with Gasteiger partial charge in [-0.25, -0.2) is 17.9 Å². The Morgan fingerprint density at radius 1 is 1.21 bits per heavy atom. The Morgan fingerprint density at radius 3 is 2.34 bits per heavy atom. The third-order valence-electron chi connectivity index (χ3n) is 4.86. The molecule has 0 bridgehead atoms. The average molecular weight is 425 g/mol. The summed E-state index contributed by atoms with van der Waals surface area (Å²) in [5.41, 5.74) is 0.0447. The Bertz CT molecular complexity index is 849. The van der Waals surface area contributed by atoms with Crippen LogP contribution in [-0.4, -0.2) is 49.7 Å². The number of ether oxygens (including phenoxy) is 1. The van der Waals surface area contributed by atoms with Crippen LogP contribution in [0.2, 0.25) is 0 Å². The van der Waals surface area contributed by atoms with Gasteiger partial charge >= 0.3 is 5.97 Å². The lowest BCUT2D eigenvalue weighted by Crippen LogP contribution is -2.59. The highest BCUT2D eigenvalue weighted by Crippen LogP contribution is 2.26. The van der Waals surface area contributed by atoms with Gasteiger partial charge in [-0.1, -0.05) is 32.0 Å². The monoisotopic (exact) mass is 424 g/mol. The third kappa shape index (κ3) is 6.12. The number of carboxylic acids is 1. The van der Waals surface area contributed by atoms with Crippen LogP contribution in [0.15, 0.2) is 46.9 Å². The predicted octanol–water partition coefficient (Wildman–Crippen LogP) is 1.83. The van der Waals surface area contributed by atoms with Crippen molar-refractivity contribution in [3.63, 3.8) is 0 Å². The molecule has 2 rings (SSSR count). The quantitative estimate of drug-likeness (QED) is 0.556. The van der Waals surface area contributed by atoms with Gasteiger partial charge in [0, 0.05) is 18.5 Å². The molecule has 1 aromatic rings. The van der Waals surface area contributed by atoms with E-state index in [4.69, 9.17) is 4.74 Å². The van der Waals surface area contributed by atoms with E-state index in [1.807, 2.05) is 13.8 Å². The minimum Gasteiger partial charge on any atom is -0.478 e. The van der Waals surface area contributed by atoms with Crippen molar-refractivity contribution >= 4 is 21.9 Å². The molecule has 1 aliphatic rings. The van der Waals surface area contributed by atoms with Crippen molar-refractivity contribution in [3.05, 3.63) is 42.0 Å². The minimum atomic E-state index is -3.92. The van der Waals surface area contributed by atoms with Crippen LogP contribution < -0.4 is 10.0 Å². The zero-order valence-corrected chi connectivity index (χ0v) is 17.6. The zero-order chi connectivity index (χ0) is 21.6. The van der Waals surface area contributed by atoms with E-state index in [1.54, 1.807) is 18.2 Å². The second-order valence-corrected chi connectivity index (χ2v) is 8.72. The van der Waals surface area contributed by atoms with Crippen LogP contribution in [0.3, 0.4) is 0 Å². The molecule has 0 aliphatic heterocycles. The fourth-order valence-corrected chi connectivity index (χ4v) is 4.63. The van der Waals surface area contributed by atoms with Crippen LogP contribution in [0.5, 0.6) is 0 Å². The van der Waals surface area contributed by atoms with Crippen molar-refractivity contribution in [2.45, 2.75) is 69.2 Å². The summed E-state index contributed by atoms with van der Waals surface area (Å²) in [6.45, 7) is 5.22. The minimum absolute atomic E-state index is 0.0447. The lowest BCUT2D eigenvalue weighted by atomic mass is 9.88. The van der Waals surface area contributed by atoms with Crippen LogP contribution in [-0.2, 0) is 24.3 Å². The van der Waals surface area contributed by atoms with Crippen LogP contribution in [0.4, 0.5) is 0 Å². The smallest absolute Gasteiger partial charge is 0.331 e. The van der Waals surface area contributed by atoms with Gasteiger partial charge in [-0.05, 0) is 37.5 Å². The van der Waals surface area contributed by atoms with Gasteiger partial charge < -0.3 is 15.2 Å². The Balaban J connectivity index is 2.40. The van der Waals surface area contributed by atoms with E-state index in [1.165, 1.54) is 25.1 Å². The first-order chi connectivity index (χ1) is 13.7. The number of rotatable bonds is 9. The molecule has 0 spiro atoms. The highest BCUT2D eigenvalue weighted by Gasteiger charge is 2.39. The van der Waals surface area contributed by atoms with E-state index in [0.717, 1.165) is 0 Å². The summed E-state index contributed by atoms with van der Waals surface area (Å²) in [7, 11) is -3.92. The molecule has 1 aliphatic carbocycles. The molecule has 0 heterocycles. The maximum Gasteiger partial charge on any atom is 0.331 e. The van der Waals surface area contributed by atoms with Gasteiger partial charge in [-0.3, -0.25) is 4.79 Å². The molecule has 1 amide bonds.